The van der Waals surface area contributed by atoms with Gasteiger partial charge in [-0.05, 0) is 39.0 Å². The Bertz CT molecular complexity index is 323. The lowest BCUT2D eigenvalue weighted by Gasteiger charge is -2.41. The van der Waals surface area contributed by atoms with Gasteiger partial charge in [-0.15, -0.1) is 0 Å². The van der Waals surface area contributed by atoms with E-state index in [0.29, 0.717) is 18.0 Å². The quantitative estimate of drug-likeness (QED) is 0.785. The van der Waals surface area contributed by atoms with Gasteiger partial charge >= 0.3 is 0 Å². The molecule has 0 saturated carbocycles. The molecule has 19 heavy (non-hydrogen) atoms. The molecule has 0 aromatic heterocycles. The molecule has 3 nitrogen and oxygen atoms in total. The van der Waals surface area contributed by atoms with E-state index >= 15 is 0 Å². The van der Waals surface area contributed by atoms with Gasteiger partial charge in [-0.2, -0.15) is 0 Å². The number of amides is 1. The summed E-state index contributed by atoms with van der Waals surface area (Å²) >= 11 is 0. The van der Waals surface area contributed by atoms with Gasteiger partial charge in [0.25, 0.3) is 0 Å². The normalized spacial score (nSPS) is 37.4. The lowest BCUT2D eigenvalue weighted by molar-refractivity contribution is -0.146. The summed E-state index contributed by atoms with van der Waals surface area (Å²) in [5, 5.41) is 0. The van der Waals surface area contributed by atoms with Gasteiger partial charge in [-0.3, -0.25) is 4.79 Å². The molecule has 3 unspecified atom stereocenters. The molecule has 0 aromatic carbocycles. The summed E-state index contributed by atoms with van der Waals surface area (Å²) in [6.07, 6.45) is 5.60. The van der Waals surface area contributed by atoms with E-state index in [1.165, 1.54) is 6.42 Å². The Morgan fingerprint density at radius 2 is 2.21 bits per heavy atom. The monoisotopic (exact) mass is 267 g/mol. The zero-order valence-corrected chi connectivity index (χ0v) is 12.9. The molecule has 1 amide bonds. The number of ether oxygens (including phenoxy) is 1. The molecule has 2 aliphatic heterocycles. The summed E-state index contributed by atoms with van der Waals surface area (Å²) in [4.78, 5) is 15.1. The molecule has 2 rings (SSSR count). The summed E-state index contributed by atoms with van der Waals surface area (Å²) in [6, 6.07) is 0.867. The third-order valence-corrected chi connectivity index (χ3v) is 5.40. The minimum absolute atomic E-state index is 0.0237. The molecule has 4 atom stereocenters. The highest BCUT2D eigenvalue weighted by atomic mass is 16.5. The zero-order valence-electron chi connectivity index (χ0n) is 12.9. The number of carbonyl (C=O) groups excluding carboxylic acids is 1. The molecule has 110 valence electrons. The van der Waals surface area contributed by atoms with Gasteiger partial charge in [0.05, 0.1) is 6.61 Å². The smallest absolute Gasteiger partial charge is 0.226 e. The van der Waals surface area contributed by atoms with E-state index < -0.39 is 0 Å². The van der Waals surface area contributed by atoms with Gasteiger partial charge in [0, 0.05) is 30.0 Å². The van der Waals surface area contributed by atoms with Crippen LogP contribution in [-0.2, 0) is 9.53 Å². The van der Waals surface area contributed by atoms with E-state index in [2.05, 4.69) is 32.6 Å². The van der Waals surface area contributed by atoms with Gasteiger partial charge < -0.3 is 9.64 Å². The van der Waals surface area contributed by atoms with E-state index in [1.807, 2.05) is 0 Å². The SMILES string of the molecule is CCC1CC[C@@H](C)N1C(=O)C(C)C1(C)CCCOC1. The number of hydrogen-bond donors (Lipinski definition) is 0. The van der Waals surface area contributed by atoms with Crippen LogP contribution < -0.4 is 0 Å². The number of hydrogen-bond acceptors (Lipinski definition) is 2. The maximum atomic E-state index is 12.9. The Balaban J connectivity index is 2.09. The Hall–Kier alpha value is -0.570. The van der Waals surface area contributed by atoms with Crippen molar-refractivity contribution in [1.29, 1.82) is 0 Å². The van der Waals surface area contributed by atoms with E-state index in [-0.39, 0.29) is 11.3 Å². The van der Waals surface area contributed by atoms with Gasteiger partial charge in [0.15, 0.2) is 0 Å². The van der Waals surface area contributed by atoms with Crippen LogP contribution in [0.4, 0.5) is 0 Å². The van der Waals surface area contributed by atoms with Crippen molar-refractivity contribution in [2.75, 3.05) is 13.2 Å². The van der Waals surface area contributed by atoms with Gasteiger partial charge in [-0.1, -0.05) is 20.8 Å². The lowest BCUT2D eigenvalue weighted by atomic mass is 9.73. The Labute approximate surface area is 117 Å². The predicted molar refractivity (Wildman–Crippen MR) is 76.9 cm³/mol. The summed E-state index contributed by atoms with van der Waals surface area (Å²) in [5.74, 6) is 0.423. The molecule has 0 bridgehead atoms. The van der Waals surface area contributed by atoms with E-state index in [1.54, 1.807) is 0 Å². The summed E-state index contributed by atoms with van der Waals surface area (Å²) in [6.45, 7) is 10.3. The minimum atomic E-state index is 0.0237. The standard InChI is InChI=1S/C16H29NO2/c1-5-14-8-7-12(2)17(14)15(18)13(3)16(4)9-6-10-19-11-16/h12-14H,5-11H2,1-4H3/t12-,13?,14?,16?/m1/s1. The van der Waals surface area contributed by atoms with Crippen molar-refractivity contribution >= 4 is 5.91 Å². The molecule has 0 aliphatic carbocycles. The number of nitrogens with zero attached hydrogens (tertiary/aromatic N) is 1. The van der Waals surface area contributed by atoms with Crippen LogP contribution in [0, 0.1) is 11.3 Å². The summed E-state index contributed by atoms with van der Waals surface area (Å²) in [5.41, 5.74) is 0.0237. The second-order valence-electron chi connectivity index (χ2n) is 6.77. The Morgan fingerprint density at radius 1 is 1.47 bits per heavy atom. The van der Waals surface area contributed by atoms with Crippen molar-refractivity contribution < 1.29 is 9.53 Å². The van der Waals surface area contributed by atoms with E-state index in [4.69, 9.17) is 4.74 Å². The van der Waals surface area contributed by atoms with Crippen molar-refractivity contribution in [3.05, 3.63) is 0 Å². The van der Waals surface area contributed by atoms with Crippen LogP contribution in [0.3, 0.4) is 0 Å². The first-order valence-electron chi connectivity index (χ1n) is 7.89. The first-order chi connectivity index (χ1) is 8.99. The fourth-order valence-corrected chi connectivity index (χ4v) is 3.69. The first-order valence-corrected chi connectivity index (χ1v) is 7.89. The zero-order chi connectivity index (χ0) is 14.0. The Kier molecular flexibility index (Phi) is 4.54. The second kappa shape index (κ2) is 5.82. The number of carbonyl (C=O) groups is 1. The second-order valence-corrected chi connectivity index (χ2v) is 6.77. The van der Waals surface area contributed by atoms with Crippen molar-refractivity contribution in [3.8, 4) is 0 Å². The summed E-state index contributed by atoms with van der Waals surface area (Å²) < 4.78 is 5.63. The van der Waals surface area contributed by atoms with Crippen molar-refractivity contribution in [3.63, 3.8) is 0 Å². The highest BCUT2D eigenvalue weighted by molar-refractivity contribution is 5.80. The fraction of sp³-hybridized carbons (Fsp3) is 0.938. The number of rotatable bonds is 3. The summed E-state index contributed by atoms with van der Waals surface area (Å²) in [7, 11) is 0. The predicted octanol–water partition coefficient (Wildman–Crippen LogP) is 3.23. The van der Waals surface area contributed by atoms with Crippen LogP contribution in [-0.4, -0.2) is 36.1 Å². The number of likely N-dealkylation sites (tertiary alicyclic amines) is 1. The van der Waals surface area contributed by atoms with Crippen molar-refractivity contribution in [2.45, 2.75) is 71.9 Å². The molecule has 0 spiro atoms. The maximum absolute atomic E-state index is 12.9. The molecule has 2 heterocycles. The van der Waals surface area contributed by atoms with Crippen LogP contribution >= 0.6 is 0 Å². The maximum Gasteiger partial charge on any atom is 0.226 e. The molecule has 2 aliphatic rings. The first kappa shape index (κ1) is 14.8. The largest absolute Gasteiger partial charge is 0.381 e. The topological polar surface area (TPSA) is 29.5 Å². The van der Waals surface area contributed by atoms with E-state index in [0.717, 1.165) is 38.9 Å². The van der Waals surface area contributed by atoms with Crippen LogP contribution in [0.15, 0.2) is 0 Å². The molecule has 0 N–H and O–H groups in total. The van der Waals surface area contributed by atoms with Crippen molar-refractivity contribution in [1.82, 2.24) is 4.90 Å². The lowest BCUT2D eigenvalue weighted by Crippen LogP contribution is -2.48. The van der Waals surface area contributed by atoms with Crippen LogP contribution in [0.25, 0.3) is 0 Å². The third kappa shape index (κ3) is 2.81. The Morgan fingerprint density at radius 3 is 2.79 bits per heavy atom. The van der Waals surface area contributed by atoms with Gasteiger partial charge in [-0.25, -0.2) is 0 Å². The minimum Gasteiger partial charge on any atom is -0.381 e. The molecule has 2 saturated heterocycles. The highest BCUT2D eigenvalue weighted by Gasteiger charge is 2.43. The van der Waals surface area contributed by atoms with Gasteiger partial charge in [0.2, 0.25) is 5.91 Å². The molecule has 3 heteroatoms. The van der Waals surface area contributed by atoms with Gasteiger partial charge in [0.1, 0.15) is 0 Å². The molecule has 2 fully saturated rings. The van der Waals surface area contributed by atoms with E-state index in [9.17, 15) is 4.79 Å². The molecule has 0 aromatic rings. The third-order valence-electron chi connectivity index (χ3n) is 5.40. The molecular weight excluding hydrogens is 238 g/mol. The average molecular weight is 267 g/mol. The van der Waals surface area contributed by atoms with Crippen LogP contribution in [0.5, 0.6) is 0 Å². The van der Waals surface area contributed by atoms with Crippen LogP contribution in [0.2, 0.25) is 0 Å². The molecule has 0 radical (unpaired) electrons. The highest BCUT2D eigenvalue weighted by Crippen LogP contribution is 2.39. The van der Waals surface area contributed by atoms with Crippen LogP contribution in [0.1, 0.15) is 59.8 Å². The fourth-order valence-electron chi connectivity index (χ4n) is 3.69. The molecular formula is C16H29NO2. The van der Waals surface area contributed by atoms with Crippen molar-refractivity contribution in [2.24, 2.45) is 11.3 Å². The average Bonchev–Trinajstić information content (AvgIpc) is 2.79.